The summed E-state index contributed by atoms with van der Waals surface area (Å²) in [6, 6.07) is 14.1. The number of fused-ring (bicyclic) bond motifs is 1. The first kappa shape index (κ1) is 17.7. The molecule has 0 fully saturated rings. The van der Waals surface area contributed by atoms with E-state index in [4.69, 9.17) is 0 Å². The SMILES string of the molecule is C=NN/C(C)=C(\C)CCCNc1ccc2ncc(-c3ccccc3)n2n1. The quantitative estimate of drug-likeness (QED) is 0.366. The third-order valence-corrected chi connectivity index (χ3v) is 4.35. The number of rotatable bonds is 8. The van der Waals surface area contributed by atoms with Crippen LogP contribution < -0.4 is 10.7 Å². The molecule has 3 aromatic rings. The summed E-state index contributed by atoms with van der Waals surface area (Å²) in [4.78, 5) is 4.44. The average Bonchev–Trinajstić information content (AvgIpc) is 3.09. The van der Waals surface area contributed by atoms with E-state index < -0.39 is 0 Å². The predicted octanol–water partition coefficient (Wildman–Crippen LogP) is 4.09. The van der Waals surface area contributed by atoms with Gasteiger partial charge in [-0.1, -0.05) is 35.9 Å². The van der Waals surface area contributed by atoms with Crippen LogP contribution in [-0.4, -0.2) is 27.9 Å². The van der Waals surface area contributed by atoms with Crippen molar-refractivity contribution in [1.29, 1.82) is 0 Å². The summed E-state index contributed by atoms with van der Waals surface area (Å²) in [6.45, 7) is 8.41. The monoisotopic (exact) mass is 348 g/mol. The van der Waals surface area contributed by atoms with Crippen LogP contribution in [0.15, 0.2) is 65.0 Å². The second-order valence-electron chi connectivity index (χ2n) is 6.20. The average molecular weight is 348 g/mol. The number of allylic oxidation sites excluding steroid dienone is 2. The van der Waals surface area contributed by atoms with E-state index in [1.54, 1.807) is 0 Å². The van der Waals surface area contributed by atoms with Gasteiger partial charge in [0.25, 0.3) is 0 Å². The normalized spacial score (nSPS) is 11.9. The van der Waals surface area contributed by atoms with Gasteiger partial charge in [0.1, 0.15) is 5.82 Å². The summed E-state index contributed by atoms with van der Waals surface area (Å²) < 4.78 is 1.88. The lowest BCUT2D eigenvalue weighted by atomic mass is 10.1. The van der Waals surface area contributed by atoms with E-state index in [0.29, 0.717) is 0 Å². The van der Waals surface area contributed by atoms with Crippen LogP contribution in [0.2, 0.25) is 0 Å². The fraction of sp³-hybridized carbons (Fsp3) is 0.250. The smallest absolute Gasteiger partial charge is 0.154 e. The van der Waals surface area contributed by atoms with Crippen LogP contribution in [0, 0.1) is 0 Å². The highest BCUT2D eigenvalue weighted by Gasteiger charge is 2.07. The van der Waals surface area contributed by atoms with Crippen LogP contribution in [0.25, 0.3) is 16.9 Å². The van der Waals surface area contributed by atoms with E-state index in [9.17, 15) is 0 Å². The molecule has 0 aliphatic carbocycles. The third-order valence-electron chi connectivity index (χ3n) is 4.35. The van der Waals surface area contributed by atoms with Crippen molar-refractivity contribution in [3.8, 4) is 11.3 Å². The Morgan fingerprint density at radius 3 is 2.73 bits per heavy atom. The minimum atomic E-state index is 0.840. The Morgan fingerprint density at radius 2 is 1.96 bits per heavy atom. The highest BCUT2D eigenvalue weighted by atomic mass is 15.3. The molecular weight excluding hydrogens is 324 g/mol. The number of hydrogen-bond acceptors (Lipinski definition) is 5. The van der Waals surface area contributed by atoms with Gasteiger partial charge >= 0.3 is 0 Å². The first-order chi connectivity index (χ1) is 12.7. The Morgan fingerprint density at radius 1 is 1.15 bits per heavy atom. The number of nitrogens with zero attached hydrogens (tertiary/aromatic N) is 4. The fourth-order valence-corrected chi connectivity index (χ4v) is 2.74. The molecule has 134 valence electrons. The number of aromatic nitrogens is 3. The van der Waals surface area contributed by atoms with Gasteiger partial charge in [-0.25, -0.2) is 9.50 Å². The van der Waals surface area contributed by atoms with Gasteiger partial charge in [-0.3, -0.25) is 5.43 Å². The van der Waals surface area contributed by atoms with E-state index in [2.05, 4.69) is 51.7 Å². The standard InChI is InChI=1S/C20H24N6/c1-15(16(2)24-21-3)8-7-13-22-19-11-12-20-23-14-18(26(20)25-19)17-9-5-4-6-10-17/h4-6,9-12,14,24H,3,7-8,13H2,1-2H3,(H,22,25)/b16-15+. The number of nitrogens with one attached hydrogen (secondary N) is 2. The van der Waals surface area contributed by atoms with Crippen molar-refractivity contribution >= 4 is 18.2 Å². The molecule has 6 heteroatoms. The molecule has 0 amide bonds. The molecule has 0 unspecified atom stereocenters. The van der Waals surface area contributed by atoms with E-state index in [-0.39, 0.29) is 0 Å². The summed E-state index contributed by atoms with van der Waals surface area (Å²) in [5, 5.41) is 11.8. The first-order valence-corrected chi connectivity index (χ1v) is 8.71. The molecule has 26 heavy (non-hydrogen) atoms. The molecule has 0 spiro atoms. The number of benzene rings is 1. The Hall–Kier alpha value is -3.15. The van der Waals surface area contributed by atoms with Crippen molar-refractivity contribution in [3.05, 3.63) is 59.9 Å². The maximum absolute atomic E-state index is 4.69. The van der Waals surface area contributed by atoms with Crippen LogP contribution in [0.4, 0.5) is 5.82 Å². The number of imidazole rings is 1. The molecule has 6 nitrogen and oxygen atoms in total. The summed E-state index contributed by atoms with van der Waals surface area (Å²) in [5.74, 6) is 0.844. The van der Waals surface area contributed by atoms with Gasteiger partial charge in [0, 0.05) is 24.5 Å². The summed E-state index contributed by atoms with van der Waals surface area (Å²) in [5.41, 5.74) is 8.16. The lowest BCUT2D eigenvalue weighted by Gasteiger charge is -2.09. The molecule has 0 aliphatic heterocycles. The van der Waals surface area contributed by atoms with Crippen LogP contribution in [-0.2, 0) is 0 Å². The zero-order chi connectivity index (χ0) is 18.4. The van der Waals surface area contributed by atoms with Crippen LogP contribution in [0.3, 0.4) is 0 Å². The second kappa shape index (κ2) is 8.29. The molecule has 0 bridgehead atoms. The Kier molecular flexibility index (Phi) is 5.63. The Labute approximate surface area is 153 Å². The van der Waals surface area contributed by atoms with E-state index in [1.165, 1.54) is 5.57 Å². The maximum Gasteiger partial charge on any atom is 0.154 e. The molecule has 3 rings (SSSR count). The van der Waals surface area contributed by atoms with Gasteiger partial charge < -0.3 is 5.32 Å². The molecule has 0 saturated heterocycles. The van der Waals surface area contributed by atoms with Crippen LogP contribution in [0.1, 0.15) is 26.7 Å². The minimum absolute atomic E-state index is 0.840. The van der Waals surface area contributed by atoms with Gasteiger partial charge in [0.05, 0.1) is 11.9 Å². The zero-order valence-electron chi connectivity index (χ0n) is 15.2. The van der Waals surface area contributed by atoms with Crippen LogP contribution >= 0.6 is 0 Å². The largest absolute Gasteiger partial charge is 0.369 e. The molecule has 2 N–H and O–H groups in total. The van der Waals surface area contributed by atoms with Gasteiger partial charge in [-0.05, 0) is 38.8 Å². The minimum Gasteiger partial charge on any atom is -0.369 e. The maximum atomic E-state index is 4.69. The molecule has 2 aromatic heterocycles. The molecular formula is C20H24N6. The van der Waals surface area contributed by atoms with Crippen molar-refractivity contribution in [3.63, 3.8) is 0 Å². The lowest BCUT2D eigenvalue weighted by Crippen LogP contribution is -2.07. The summed E-state index contributed by atoms with van der Waals surface area (Å²) in [6.07, 6.45) is 3.86. The highest BCUT2D eigenvalue weighted by Crippen LogP contribution is 2.20. The number of anilines is 1. The topological polar surface area (TPSA) is 66.6 Å². The molecule has 0 atom stereocenters. The third kappa shape index (κ3) is 4.08. The van der Waals surface area contributed by atoms with Gasteiger partial charge in [-0.15, -0.1) is 5.10 Å². The number of hydrazone groups is 1. The van der Waals surface area contributed by atoms with Crippen LogP contribution in [0.5, 0.6) is 0 Å². The van der Waals surface area contributed by atoms with Crippen molar-refractivity contribution < 1.29 is 0 Å². The Balaban J connectivity index is 1.66. The van der Waals surface area contributed by atoms with Gasteiger partial charge in [-0.2, -0.15) is 5.10 Å². The van der Waals surface area contributed by atoms with E-state index >= 15 is 0 Å². The van der Waals surface area contributed by atoms with Gasteiger partial charge in [0.15, 0.2) is 5.65 Å². The van der Waals surface area contributed by atoms with E-state index in [1.807, 2.05) is 48.0 Å². The lowest BCUT2D eigenvalue weighted by molar-refractivity contribution is 0.795. The highest BCUT2D eigenvalue weighted by molar-refractivity contribution is 5.63. The van der Waals surface area contributed by atoms with Gasteiger partial charge in [0.2, 0.25) is 0 Å². The molecule has 0 saturated carbocycles. The number of hydrogen-bond donors (Lipinski definition) is 2. The van der Waals surface area contributed by atoms with Crippen molar-refractivity contribution in [2.24, 2.45) is 5.10 Å². The first-order valence-electron chi connectivity index (χ1n) is 8.71. The van der Waals surface area contributed by atoms with Crippen molar-refractivity contribution in [2.45, 2.75) is 26.7 Å². The van der Waals surface area contributed by atoms with Crippen molar-refractivity contribution in [2.75, 3.05) is 11.9 Å². The fourth-order valence-electron chi connectivity index (χ4n) is 2.74. The summed E-state index contributed by atoms with van der Waals surface area (Å²) >= 11 is 0. The molecule has 0 aliphatic rings. The molecule has 0 radical (unpaired) electrons. The molecule has 2 heterocycles. The predicted molar refractivity (Wildman–Crippen MR) is 107 cm³/mol. The zero-order valence-corrected chi connectivity index (χ0v) is 15.2. The van der Waals surface area contributed by atoms with Crippen molar-refractivity contribution in [1.82, 2.24) is 20.0 Å². The second-order valence-corrected chi connectivity index (χ2v) is 6.20. The summed E-state index contributed by atoms with van der Waals surface area (Å²) in [7, 11) is 0. The van der Waals surface area contributed by atoms with E-state index in [0.717, 1.165) is 47.8 Å². The molecule has 1 aromatic carbocycles. The Bertz CT molecular complexity index is 910.